The van der Waals surface area contributed by atoms with Gasteiger partial charge < -0.3 is 24.8 Å². The molecule has 1 atom stereocenters. The zero-order chi connectivity index (χ0) is 20.6. The van der Waals surface area contributed by atoms with Crippen LogP contribution in [0.1, 0.15) is 26.3 Å². The fourth-order valence-electron chi connectivity index (χ4n) is 3.30. The van der Waals surface area contributed by atoms with E-state index in [4.69, 9.17) is 0 Å². The minimum absolute atomic E-state index is 0. The molecule has 0 spiro atoms. The Balaban J connectivity index is 0.000000252. The minimum atomic E-state index is 0. The maximum atomic E-state index is 3.25. The number of rotatable bonds is 1. The number of hydrogen-bond donors (Lipinski definition) is 0. The fraction of sp³-hybridized carbons (Fsp3) is 0.143. The number of fused-ring (bicyclic) bond motifs is 3. The summed E-state index contributed by atoms with van der Waals surface area (Å²) in [5.41, 5.74) is 2.58. The molecule has 4 aromatic rings. The van der Waals surface area contributed by atoms with Crippen LogP contribution in [-0.2, 0) is 24.2 Å². The van der Waals surface area contributed by atoms with Gasteiger partial charge in [-0.1, -0.05) is 79.6 Å². The molecule has 1 aliphatic rings. The van der Waals surface area contributed by atoms with Crippen molar-refractivity contribution in [2.45, 2.75) is 20.8 Å². The summed E-state index contributed by atoms with van der Waals surface area (Å²) < 4.78 is 1.51. The van der Waals surface area contributed by atoms with Gasteiger partial charge in [-0.15, -0.1) is 45.3 Å². The first-order chi connectivity index (χ1) is 14.0. The summed E-state index contributed by atoms with van der Waals surface area (Å²) in [6, 6.07) is 29.7. The molecule has 0 heterocycles. The van der Waals surface area contributed by atoms with Gasteiger partial charge in [0.25, 0.3) is 0 Å². The molecule has 0 bridgehead atoms. The van der Waals surface area contributed by atoms with E-state index in [0.717, 1.165) is 0 Å². The molecule has 4 aromatic carbocycles. The van der Waals surface area contributed by atoms with Gasteiger partial charge in [0.05, 0.1) is 0 Å². The molecule has 0 aliphatic heterocycles. The van der Waals surface area contributed by atoms with Crippen molar-refractivity contribution in [3.05, 3.63) is 109 Å². The molecule has 0 N–H and O–H groups in total. The first kappa shape index (κ1) is 27.4. The predicted molar refractivity (Wildman–Crippen MR) is 125 cm³/mol. The van der Waals surface area contributed by atoms with Crippen LogP contribution < -0.4 is 24.8 Å². The SMILES string of the molecule is CC1[C-]=CC(c2ccccc2)=C1.C[C](C)=[Zr+2].[Cl-].[Cl-].c1ccc2c(c1)[cH-]c1ccccc12. The molecule has 0 saturated heterocycles. The molecular formula is C28H26Cl2Zr-2. The predicted octanol–water partition coefficient (Wildman–Crippen LogP) is 1.54. The summed E-state index contributed by atoms with van der Waals surface area (Å²) in [4.78, 5) is 0. The van der Waals surface area contributed by atoms with E-state index in [9.17, 15) is 0 Å². The molecular weight excluding hydrogens is 498 g/mol. The Labute approximate surface area is 213 Å². The van der Waals surface area contributed by atoms with Crippen LogP contribution in [0.4, 0.5) is 0 Å². The molecule has 1 aliphatic carbocycles. The molecule has 0 saturated carbocycles. The van der Waals surface area contributed by atoms with Gasteiger partial charge in [-0.05, 0) is 0 Å². The van der Waals surface area contributed by atoms with Gasteiger partial charge in [0, 0.05) is 0 Å². The van der Waals surface area contributed by atoms with Crippen molar-refractivity contribution in [3.8, 4) is 0 Å². The van der Waals surface area contributed by atoms with E-state index in [1.165, 1.54) is 35.9 Å². The van der Waals surface area contributed by atoms with Gasteiger partial charge in [0.15, 0.2) is 0 Å². The smallest absolute Gasteiger partial charge is 0.0771 e. The Hall–Kier alpha value is -1.66. The van der Waals surface area contributed by atoms with Gasteiger partial charge in [0.1, 0.15) is 0 Å². The average Bonchev–Trinajstić information content (AvgIpc) is 3.32. The Bertz CT molecular complexity index is 1100. The van der Waals surface area contributed by atoms with Crippen LogP contribution in [-0.4, -0.2) is 3.21 Å². The summed E-state index contributed by atoms with van der Waals surface area (Å²) >= 11 is 1.55. The summed E-state index contributed by atoms with van der Waals surface area (Å²) in [6.07, 6.45) is 7.55. The summed E-state index contributed by atoms with van der Waals surface area (Å²) in [6.45, 7) is 6.39. The van der Waals surface area contributed by atoms with Crippen LogP contribution in [0.15, 0.2) is 97.1 Å². The molecule has 158 valence electrons. The minimum Gasteiger partial charge on any atom is -1.00 e. The maximum absolute atomic E-state index is 3.25. The zero-order valence-corrected chi connectivity index (χ0v) is 22.0. The van der Waals surface area contributed by atoms with Gasteiger partial charge in [-0.25, -0.2) is 6.08 Å². The van der Waals surface area contributed by atoms with E-state index in [-0.39, 0.29) is 24.8 Å². The van der Waals surface area contributed by atoms with Crippen molar-refractivity contribution in [1.82, 2.24) is 0 Å². The van der Waals surface area contributed by atoms with Crippen molar-refractivity contribution in [1.29, 1.82) is 0 Å². The Morgan fingerprint density at radius 3 is 1.68 bits per heavy atom. The molecule has 0 radical (unpaired) electrons. The van der Waals surface area contributed by atoms with E-state index in [0.29, 0.717) is 5.92 Å². The van der Waals surface area contributed by atoms with Gasteiger partial charge in [-0.2, -0.15) is 11.6 Å². The second-order valence-corrected chi connectivity index (χ2v) is 9.86. The third-order valence-corrected chi connectivity index (χ3v) is 4.56. The van der Waals surface area contributed by atoms with Crippen LogP contribution in [0.25, 0.3) is 27.1 Å². The standard InChI is InChI=1S/C13H9.C12H11.C3H6.2ClH.Zr/c1-3-7-12-10(5-1)9-11-6-2-4-8-13(11)12;1-10-7-8-12(9-10)11-5-3-2-4-6-11;1-3-2;;;/h1-9H;2-6,8-10H,1H3;1-2H3;2*1H;/q2*-1;;;;+2/p-2. The normalized spacial score (nSPS) is 13.7. The fourth-order valence-corrected chi connectivity index (χ4v) is 3.30. The van der Waals surface area contributed by atoms with E-state index in [1.807, 2.05) is 6.07 Å². The van der Waals surface area contributed by atoms with E-state index in [1.54, 1.807) is 24.2 Å². The van der Waals surface area contributed by atoms with Gasteiger partial charge in [0.2, 0.25) is 0 Å². The molecule has 5 rings (SSSR count). The Morgan fingerprint density at radius 2 is 1.23 bits per heavy atom. The third-order valence-electron chi connectivity index (χ3n) is 4.56. The second kappa shape index (κ2) is 13.7. The zero-order valence-electron chi connectivity index (χ0n) is 18.1. The molecule has 0 nitrogen and oxygen atoms in total. The van der Waals surface area contributed by atoms with Crippen molar-refractivity contribution in [2.75, 3.05) is 0 Å². The van der Waals surface area contributed by atoms with Crippen LogP contribution >= 0.6 is 0 Å². The number of benzene rings is 3. The monoisotopic (exact) mass is 522 g/mol. The van der Waals surface area contributed by atoms with Crippen LogP contribution in [0.3, 0.4) is 0 Å². The van der Waals surface area contributed by atoms with Crippen molar-refractivity contribution < 1.29 is 49.0 Å². The molecule has 0 aromatic heterocycles. The van der Waals surface area contributed by atoms with Gasteiger partial charge in [-0.3, -0.25) is 6.08 Å². The topological polar surface area (TPSA) is 0 Å². The quantitative estimate of drug-likeness (QED) is 0.332. The number of hydrogen-bond acceptors (Lipinski definition) is 0. The van der Waals surface area contributed by atoms with Gasteiger partial charge >= 0.3 is 41.3 Å². The second-order valence-electron chi connectivity index (χ2n) is 7.41. The maximum Gasteiger partial charge on any atom is -0.0771 e. The van der Waals surface area contributed by atoms with E-state index in [2.05, 4.69) is 118 Å². The van der Waals surface area contributed by atoms with E-state index >= 15 is 0 Å². The first-order valence-corrected chi connectivity index (χ1v) is 11.2. The largest absolute Gasteiger partial charge is 1.00 e. The van der Waals surface area contributed by atoms with E-state index < -0.39 is 0 Å². The van der Waals surface area contributed by atoms with Crippen molar-refractivity contribution >= 4 is 30.3 Å². The van der Waals surface area contributed by atoms with Crippen molar-refractivity contribution in [3.63, 3.8) is 0 Å². The Kier molecular flexibility index (Phi) is 12.1. The first-order valence-electron chi connectivity index (χ1n) is 9.96. The summed E-state index contributed by atoms with van der Waals surface area (Å²) in [7, 11) is 0. The van der Waals surface area contributed by atoms with Crippen LogP contribution in [0.5, 0.6) is 0 Å². The molecule has 31 heavy (non-hydrogen) atoms. The van der Waals surface area contributed by atoms with Crippen LogP contribution in [0, 0.1) is 12.0 Å². The molecule has 3 heteroatoms. The van der Waals surface area contributed by atoms with Crippen LogP contribution in [0.2, 0.25) is 0 Å². The number of halogens is 2. The molecule has 0 amide bonds. The summed E-state index contributed by atoms with van der Waals surface area (Å²) in [5.74, 6) is 0.472. The Morgan fingerprint density at radius 1 is 0.774 bits per heavy atom. The molecule has 0 fully saturated rings. The average molecular weight is 525 g/mol. The summed E-state index contributed by atoms with van der Waals surface area (Å²) in [5, 5.41) is 5.39. The third kappa shape index (κ3) is 8.08. The molecule has 1 unspecified atom stereocenters. The van der Waals surface area contributed by atoms with Crippen molar-refractivity contribution in [2.24, 2.45) is 5.92 Å². The number of allylic oxidation sites excluding steroid dienone is 4.